The molecule has 1 fully saturated rings. The third-order valence-electron chi connectivity index (χ3n) is 5.31. The Morgan fingerprint density at radius 2 is 2.17 bits per heavy atom. The Balaban J connectivity index is 1.61. The number of hydrogen-bond donors (Lipinski definition) is 1. The summed E-state index contributed by atoms with van der Waals surface area (Å²) in [5, 5.41) is 2.97. The minimum Gasteiger partial charge on any atom is -0.355 e. The van der Waals surface area contributed by atoms with Gasteiger partial charge in [0.15, 0.2) is 0 Å². The number of nitrogens with one attached hydrogen (secondary N) is 1. The van der Waals surface area contributed by atoms with Gasteiger partial charge in [0.05, 0.1) is 17.6 Å². The van der Waals surface area contributed by atoms with Crippen molar-refractivity contribution >= 4 is 38.7 Å². The molecular weight excluding hydrogens is 410 g/mol. The molecular formula is C19H29N5O3S2. The van der Waals surface area contributed by atoms with Crippen molar-refractivity contribution in [3.8, 4) is 0 Å². The van der Waals surface area contributed by atoms with Gasteiger partial charge in [-0.3, -0.25) is 4.79 Å². The molecule has 1 aliphatic rings. The van der Waals surface area contributed by atoms with Gasteiger partial charge in [0.2, 0.25) is 15.9 Å². The highest BCUT2D eigenvalue weighted by molar-refractivity contribution is 7.89. The van der Waals surface area contributed by atoms with Crippen molar-refractivity contribution in [2.45, 2.75) is 37.5 Å². The topological polar surface area (TPSA) is 95.5 Å². The van der Waals surface area contributed by atoms with Crippen molar-refractivity contribution in [3.05, 3.63) is 18.2 Å². The summed E-state index contributed by atoms with van der Waals surface area (Å²) >= 11 is 1.00. The van der Waals surface area contributed by atoms with E-state index in [-0.39, 0.29) is 23.3 Å². The van der Waals surface area contributed by atoms with Crippen LogP contribution in [-0.2, 0) is 14.8 Å². The van der Waals surface area contributed by atoms with Gasteiger partial charge in [-0.2, -0.15) is 13.1 Å². The molecule has 0 radical (unpaired) electrons. The maximum absolute atomic E-state index is 13.2. The zero-order valence-corrected chi connectivity index (χ0v) is 18.6. The number of unbranched alkanes of at least 4 members (excludes halogenated alkanes) is 1. The van der Waals surface area contributed by atoms with E-state index in [1.807, 2.05) is 7.05 Å². The summed E-state index contributed by atoms with van der Waals surface area (Å²) in [4.78, 5) is 15.0. The van der Waals surface area contributed by atoms with Gasteiger partial charge in [-0.15, -0.1) is 0 Å². The second kappa shape index (κ2) is 9.92. The molecule has 1 aliphatic heterocycles. The number of benzene rings is 1. The summed E-state index contributed by atoms with van der Waals surface area (Å²) in [6.45, 7) is 5.15. The number of hydrogen-bond acceptors (Lipinski definition) is 7. The van der Waals surface area contributed by atoms with Crippen molar-refractivity contribution in [2.75, 3.05) is 39.8 Å². The van der Waals surface area contributed by atoms with E-state index < -0.39 is 10.0 Å². The average Bonchev–Trinajstić information content (AvgIpc) is 3.21. The van der Waals surface area contributed by atoms with Crippen molar-refractivity contribution in [2.24, 2.45) is 5.92 Å². The fourth-order valence-electron chi connectivity index (χ4n) is 3.56. The van der Waals surface area contributed by atoms with E-state index in [2.05, 4.69) is 25.9 Å². The van der Waals surface area contributed by atoms with Gasteiger partial charge in [0, 0.05) is 26.2 Å². The molecule has 1 aromatic heterocycles. The van der Waals surface area contributed by atoms with Gasteiger partial charge in [-0.25, -0.2) is 8.42 Å². The number of rotatable bonds is 9. The number of carbonyl (C=O) groups excluding carboxylic acids is 1. The molecule has 0 saturated carbocycles. The Labute approximate surface area is 176 Å². The Morgan fingerprint density at radius 3 is 2.97 bits per heavy atom. The molecule has 2 aromatic rings. The Kier molecular flexibility index (Phi) is 7.55. The Bertz CT molecular complexity index is 931. The van der Waals surface area contributed by atoms with Crippen molar-refractivity contribution < 1.29 is 13.2 Å². The maximum Gasteiger partial charge on any atom is 0.245 e. The maximum atomic E-state index is 13.2. The van der Waals surface area contributed by atoms with E-state index in [9.17, 15) is 13.2 Å². The first kappa shape index (κ1) is 22.1. The van der Waals surface area contributed by atoms with Crippen LogP contribution in [0.3, 0.4) is 0 Å². The van der Waals surface area contributed by atoms with Crippen LogP contribution in [0.4, 0.5) is 0 Å². The molecule has 1 N–H and O–H groups in total. The Morgan fingerprint density at radius 1 is 1.34 bits per heavy atom. The number of likely N-dealkylation sites (N-methyl/N-ethyl adjacent to an activating group) is 1. The molecule has 1 aromatic carbocycles. The van der Waals surface area contributed by atoms with E-state index in [0.717, 1.165) is 37.7 Å². The summed E-state index contributed by atoms with van der Waals surface area (Å²) in [6.07, 6.45) is 3.65. The van der Waals surface area contributed by atoms with Crippen molar-refractivity contribution in [1.82, 2.24) is 23.3 Å². The minimum absolute atomic E-state index is 0.0673. The van der Waals surface area contributed by atoms with Crippen LogP contribution < -0.4 is 5.32 Å². The summed E-state index contributed by atoms with van der Waals surface area (Å²) in [5.41, 5.74) is 0.980. The van der Waals surface area contributed by atoms with E-state index in [1.54, 1.807) is 18.2 Å². The van der Waals surface area contributed by atoms with Gasteiger partial charge in [-0.05, 0) is 45.0 Å². The summed E-state index contributed by atoms with van der Waals surface area (Å²) in [7, 11) is -1.67. The fourth-order valence-corrected chi connectivity index (χ4v) is 5.83. The molecule has 29 heavy (non-hydrogen) atoms. The highest BCUT2D eigenvalue weighted by Gasteiger charge is 2.34. The van der Waals surface area contributed by atoms with Gasteiger partial charge in [0.25, 0.3) is 0 Å². The van der Waals surface area contributed by atoms with Crippen LogP contribution in [0.2, 0.25) is 0 Å². The van der Waals surface area contributed by atoms with Gasteiger partial charge >= 0.3 is 0 Å². The number of fused-ring (bicyclic) bond motifs is 1. The van der Waals surface area contributed by atoms with E-state index >= 15 is 0 Å². The number of sulfonamides is 1. The summed E-state index contributed by atoms with van der Waals surface area (Å²) in [5.74, 6) is -0.394. The van der Waals surface area contributed by atoms with Crippen molar-refractivity contribution in [3.63, 3.8) is 0 Å². The van der Waals surface area contributed by atoms with Crippen LogP contribution in [0.15, 0.2) is 23.1 Å². The third-order valence-corrected chi connectivity index (χ3v) is 7.75. The smallest absolute Gasteiger partial charge is 0.245 e. The largest absolute Gasteiger partial charge is 0.355 e. The normalized spacial score (nSPS) is 18.4. The van der Waals surface area contributed by atoms with E-state index in [4.69, 9.17) is 0 Å². The number of carbonyl (C=O) groups is 1. The minimum atomic E-state index is -3.72. The molecule has 1 saturated heterocycles. The molecule has 1 amide bonds. The zero-order valence-electron chi connectivity index (χ0n) is 17.0. The first-order chi connectivity index (χ1) is 13.9. The molecule has 3 rings (SSSR count). The first-order valence-corrected chi connectivity index (χ1v) is 12.3. The summed E-state index contributed by atoms with van der Waals surface area (Å²) in [6, 6.07) is 5.00. The predicted molar refractivity (Wildman–Crippen MR) is 114 cm³/mol. The van der Waals surface area contributed by atoms with Crippen LogP contribution in [0.5, 0.6) is 0 Å². The van der Waals surface area contributed by atoms with Crippen LogP contribution in [-0.4, -0.2) is 72.0 Å². The highest BCUT2D eigenvalue weighted by Crippen LogP contribution is 2.28. The molecule has 0 bridgehead atoms. The van der Waals surface area contributed by atoms with Crippen LogP contribution in [0.1, 0.15) is 32.6 Å². The Hall–Kier alpha value is -1.62. The third kappa shape index (κ3) is 5.30. The first-order valence-electron chi connectivity index (χ1n) is 10.1. The molecule has 160 valence electrons. The van der Waals surface area contributed by atoms with Gasteiger partial charge in [-0.1, -0.05) is 19.4 Å². The molecule has 0 unspecified atom stereocenters. The number of nitrogens with zero attached hydrogens (tertiary/aromatic N) is 4. The predicted octanol–water partition coefficient (Wildman–Crippen LogP) is 1.94. The SMILES string of the molecule is CCCCN(C)CCNC(=O)[C@@H]1CCCN(S(=O)(=O)c2cccc3nsnc23)C1. The standard InChI is InChI=1S/C19H29N5O3S2/c1-3-4-11-23(2)13-10-20-19(25)15-7-6-12-24(14-15)29(26,27)17-9-5-8-16-18(17)22-28-21-16/h5,8-9,15H,3-4,6-7,10-14H2,1-2H3,(H,20,25)/t15-/m1/s1. The number of amides is 1. The second-order valence-electron chi connectivity index (χ2n) is 7.54. The molecule has 0 aliphatic carbocycles. The molecule has 0 spiro atoms. The lowest BCUT2D eigenvalue weighted by atomic mass is 9.99. The zero-order chi connectivity index (χ0) is 20.9. The van der Waals surface area contributed by atoms with Crippen LogP contribution in [0, 0.1) is 5.92 Å². The lowest BCUT2D eigenvalue weighted by molar-refractivity contribution is -0.126. The van der Waals surface area contributed by atoms with Crippen LogP contribution in [0.25, 0.3) is 11.0 Å². The molecule has 1 atom stereocenters. The van der Waals surface area contributed by atoms with E-state index in [1.165, 1.54) is 4.31 Å². The van der Waals surface area contributed by atoms with Gasteiger partial charge < -0.3 is 10.2 Å². The quantitative estimate of drug-likeness (QED) is 0.642. The van der Waals surface area contributed by atoms with Gasteiger partial charge in [0.1, 0.15) is 15.9 Å². The second-order valence-corrected chi connectivity index (χ2v) is 9.97. The van der Waals surface area contributed by atoms with Crippen molar-refractivity contribution in [1.29, 1.82) is 0 Å². The molecule has 10 heteroatoms. The monoisotopic (exact) mass is 439 g/mol. The number of aromatic nitrogens is 2. The fraction of sp³-hybridized carbons (Fsp3) is 0.632. The molecule has 2 heterocycles. The highest BCUT2D eigenvalue weighted by atomic mass is 32.2. The number of piperidine rings is 1. The average molecular weight is 440 g/mol. The van der Waals surface area contributed by atoms with Crippen LogP contribution >= 0.6 is 11.7 Å². The molecule has 8 nitrogen and oxygen atoms in total. The summed E-state index contributed by atoms with van der Waals surface area (Å²) < 4.78 is 36.1. The van der Waals surface area contributed by atoms with E-state index in [0.29, 0.717) is 37.0 Å². The lowest BCUT2D eigenvalue weighted by Crippen LogP contribution is -2.46. The lowest BCUT2D eigenvalue weighted by Gasteiger charge is -2.31.